The number of aliphatic carboxylic acids is 1. The number of urea groups is 1. The van der Waals surface area contributed by atoms with Crippen molar-refractivity contribution in [2.75, 3.05) is 19.6 Å². The number of piperidine rings is 1. The van der Waals surface area contributed by atoms with Gasteiger partial charge in [0.25, 0.3) is 0 Å². The van der Waals surface area contributed by atoms with Gasteiger partial charge in [0.05, 0.1) is 5.92 Å². The molecule has 2 N–H and O–H groups in total. The van der Waals surface area contributed by atoms with Crippen LogP contribution in [-0.2, 0) is 4.79 Å². The van der Waals surface area contributed by atoms with Crippen molar-refractivity contribution in [3.8, 4) is 0 Å². The summed E-state index contributed by atoms with van der Waals surface area (Å²) in [5.74, 6) is -1.25. The standard InChI is InChI=1S/C11H18N2O3/c1-8(2)6-12-11(16)13-5-3-4-9(7-13)10(14)15/h9H,1,3-7H2,2H3,(H,12,16)(H,14,15). The quantitative estimate of drug-likeness (QED) is 0.707. The van der Waals surface area contributed by atoms with E-state index in [0.717, 1.165) is 12.0 Å². The summed E-state index contributed by atoms with van der Waals surface area (Å²) in [5, 5.41) is 11.6. The number of nitrogens with one attached hydrogen (secondary N) is 1. The zero-order valence-corrected chi connectivity index (χ0v) is 9.53. The molecule has 0 spiro atoms. The largest absolute Gasteiger partial charge is 0.481 e. The Bertz CT molecular complexity index is 302. The summed E-state index contributed by atoms with van der Waals surface area (Å²) in [7, 11) is 0. The number of hydrogen-bond acceptors (Lipinski definition) is 2. The highest BCUT2D eigenvalue weighted by Gasteiger charge is 2.27. The fraction of sp³-hybridized carbons (Fsp3) is 0.636. The minimum absolute atomic E-state index is 0.200. The number of amides is 2. The number of carboxylic acids is 1. The van der Waals surface area contributed by atoms with Crippen molar-refractivity contribution in [2.45, 2.75) is 19.8 Å². The number of carbonyl (C=O) groups is 2. The van der Waals surface area contributed by atoms with Gasteiger partial charge < -0.3 is 15.3 Å². The lowest BCUT2D eigenvalue weighted by Crippen LogP contribution is -2.47. The molecule has 1 heterocycles. The maximum atomic E-state index is 11.7. The van der Waals surface area contributed by atoms with Crippen molar-refractivity contribution >= 4 is 12.0 Å². The van der Waals surface area contributed by atoms with Gasteiger partial charge in [-0.2, -0.15) is 0 Å². The van der Waals surface area contributed by atoms with Gasteiger partial charge in [-0.25, -0.2) is 4.79 Å². The first-order chi connectivity index (χ1) is 7.50. The summed E-state index contributed by atoms with van der Waals surface area (Å²) in [5.41, 5.74) is 0.875. The van der Waals surface area contributed by atoms with Gasteiger partial charge in [-0.3, -0.25) is 4.79 Å². The van der Waals surface area contributed by atoms with Crippen LogP contribution in [0.1, 0.15) is 19.8 Å². The molecule has 0 aromatic heterocycles. The maximum Gasteiger partial charge on any atom is 0.317 e. The normalized spacial score (nSPS) is 20.3. The highest BCUT2D eigenvalue weighted by molar-refractivity contribution is 5.76. The molecule has 0 bridgehead atoms. The third-order valence-corrected chi connectivity index (χ3v) is 2.60. The second-order valence-corrected chi connectivity index (χ2v) is 4.24. The smallest absolute Gasteiger partial charge is 0.317 e. The zero-order valence-electron chi connectivity index (χ0n) is 9.53. The molecule has 1 unspecified atom stereocenters. The lowest BCUT2D eigenvalue weighted by Gasteiger charge is -2.30. The molecule has 0 aromatic carbocycles. The summed E-state index contributed by atoms with van der Waals surface area (Å²) in [6, 6.07) is -0.200. The van der Waals surface area contributed by atoms with Gasteiger partial charge in [-0.15, -0.1) is 0 Å². The van der Waals surface area contributed by atoms with E-state index in [1.807, 2.05) is 6.92 Å². The average Bonchev–Trinajstić information content (AvgIpc) is 2.26. The van der Waals surface area contributed by atoms with E-state index in [1.165, 1.54) is 0 Å². The van der Waals surface area contributed by atoms with Gasteiger partial charge in [0.15, 0.2) is 0 Å². The third-order valence-electron chi connectivity index (χ3n) is 2.60. The Morgan fingerprint density at radius 3 is 2.81 bits per heavy atom. The lowest BCUT2D eigenvalue weighted by molar-refractivity contribution is -0.143. The van der Waals surface area contributed by atoms with Crippen molar-refractivity contribution in [3.63, 3.8) is 0 Å². The molecule has 5 heteroatoms. The summed E-state index contributed by atoms with van der Waals surface area (Å²) in [6.07, 6.45) is 1.40. The number of nitrogens with zero attached hydrogens (tertiary/aromatic N) is 1. The first-order valence-electron chi connectivity index (χ1n) is 5.40. The Morgan fingerprint density at radius 2 is 2.25 bits per heavy atom. The highest BCUT2D eigenvalue weighted by Crippen LogP contribution is 2.16. The van der Waals surface area contributed by atoms with Crippen molar-refractivity contribution in [2.24, 2.45) is 5.92 Å². The van der Waals surface area contributed by atoms with E-state index < -0.39 is 11.9 Å². The van der Waals surface area contributed by atoms with Crippen molar-refractivity contribution in [1.29, 1.82) is 0 Å². The van der Waals surface area contributed by atoms with Gasteiger partial charge in [-0.05, 0) is 19.8 Å². The predicted molar refractivity (Wildman–Crippen MR) is 60.1 cm³/mol. The molecule has 90 valence electrons. The molecule has 1 rings (SSSR count). The molecule has 0 aromatic rings. The van der Waals surface area contributed by atoms with E-state index in [0.29, 0.717) is 26.1 Å². The molecule has 0 radical (unpaired) electrons. The van der Waals surface area contributed by atoms with Gasteiger partial charge in [-0.1, -0.05) is 12.2 Å². The number of carboxylic acid groups (broad SMARTS) is 1. The molecule has 0 aliphatic carbocycles. The molecular formula is C11H18N2O3. The number of rotatable bonds is 3. The van der Waals surface area contributed by atoms with E-state index in [2.05, 4.69) is 11.9 Å². The third kappa shape index (κ3) is 3.56. The van der Waals surface area contributed by atoms with E-state index >= 15 is 0 Å². The summed E-state index contributed by atoms with van der Waals surface area (Å²) in [4.78, 5) is 24.0. The second kappa shape index (κ2) is 5.53. The Morgan fingerprint density at radius 1 is 1.56 bits per heavy atom. The molecule has 2 amide bonds. The van der Waals surface area contributed by atoms with Crippen molar-refractivity contribution in [1.82, 2.24) is 10.2 Å². The van der Waals surface area contributed by atoms with E-state index in [-0.39, 0.29) is 6.03 Å². The molecule has 1 fully saturated rings. The second-order valence-electron chi connectivity index (χ2n) is 4.24. The topological polar surface area (TPSA) is 69.6 Å². The number of hydrogen-bond donors (Lipinski definition) is 2. The van der Waals surface area contributed by atoms with Crippen LogP contribution in [0, 0.1) is 5.92 Å². The lowest BCUT2D eigenvalue weighted by atomic mass is 9.99. The molecule has 0 saturated carbocycles. The Balaban J connectivity index is 2.43. The van der Waals surface area contributed by atoms with Gasteiger partial charge in [0.2, 0.25) is 0 Å². The first kappa shape index (κ1) is 12.5. The van der Waals surface area contributed by atoms with Gasteiger partial charge in [0.1, 0.15) is 0 Å². The fourth-order valence-electron chi connectivity index (χ4n) is 1.70. The SMILES string of the molecule is C=C(C)CNC(=O)N1CCCC(C(=O)O)C1. The van der Waals surface area contributed by atoms with E-state index in [4.69, 9.17) is 5.11 Å². The number of carbonyl (C=O) groups excluding carboxylic acids is 1. The molecular weight excluding hydrogens is 208 g/mol. The highest BCUT2D eigenvalue weighted by atomic mass is 16.4. The molecule has 1 saturated heterocycles. The molecule has 1 aliphatic heterocycles. The van der Waals surface area contributed by atoms with E-state index in [1.54, 1.807) is 4.90 Å². The Labute approximate surface area is 95.1 Å². The average molecular weight is 226 g/mol. The summed E-state index contributed by atoms with van der Waals surface area (Å²) < 4.78 is 0. The van der Waals surface area contributed by atoms with Crippen LogP contribution in [0.15, 0.2) is 12.2 Å². The molecule has 5 nitrogen and oxygen atoms in total. The predicted octanol–water partition coefficient (Wildman–Crippen LogP) is 1.07. The Kier molecular flexibility index (Phi) is 4.34. The fourth-order valence-corrected chi connectivity index (χ4v) is 1.70. The minimum atomic E-state index is -0.822. The van der Waals surface area contributed by atoms with Crippen molar-refractivity contribution in [3.05, 3.63) is 12.2 Å². The zero-order chi connectivity index (χ0) is 12.1. The van der Waals surface area contributed by atoms with Crippen LogP contribution < -0.4 is 5.32 Å². The van der Waals surface area contributed by atoms with Gasteiger partial charge >= 0.3 is 12.0 Å². The Hall–Kier alpha value is -1.52. The summed E-state index contributed by atoms with van der Waals surface area (Å²) >= 11 is 0. The summed E-state index contributed by atoms with van der Waals surface area (Å²) in [6.45, 7) is 6.89. The first-order valence-corrected chi connectivity index (χ1v) is 5.40. The van der Waals surface area contributed by atoms with Crippen LogP contribution in [0.5, 0.6) is 0 Å². The van der Waals surface area contributed by atoms with Crippen LogP contribution in [0.3, 0.4) is 0 Å². The molecule has 16 heavy (non-hydrogen) atoms. The van der Waals surface area contributed by atoms with Crippen LogP contribution in [0.4, 0.5) is 4.79 Å². The molecule has 1 atom stereocenters. The minimum Gasteiger partial charge on any atom is -0.481 e. The van der Waals surface area contributed by atoms with E-state index in [9.17, 15) is 9.59 Å². The maximum absolute atomic E-state index is 11.7. The monoisotopic (exact) mass is 226 g/mol. The van der Waals surface area contributed by atoms with Crippen LogP contribution in [0.25, 0.3) is 0 Å². The van der Waals surface area contributed by atoms with Crippen molar-refractivity contribution < 1.29 is 14.7 Å². The van der Waals surface area contributed by atoms with Crippen LogP contribution >= 0.6 is 0 Å². The van der Waals surface area contributed by atoms with Crippen LogP contribution in [-0.4, -0.2) is 41.6 Å². The number of likely N-dealkylation sites (tertiary alicyclic amines) is 1. The van der Waals surface area contributed by atoms with Crippen LogP contribution in [0.2, 0.25) is 0 Å². The van der Waals surface area contributed by atoms with Gasteiger partial charge in [0, 0.05) is 19.6 Å². The molecule has 1 aliphatic rings.